The number of methoxy groups -OCH3 is 2. The molecule has 1 heterocycles. The summed E-state index contributed by atoms with van der Waals surface area (Å²) in [5, 5.41) is 0. The minimum absolute atomic E-state index is 0. The monoisotopic (exact) mass is 405 g/mol. The number of piperidine rings is 1. The molecule has 2 bridgehead atoms. The number of hydrogen-bond donors (Lipinski definition) is 0. The van der Waals surface area contributed by atoms with E-state index in [1.54, 1.807) is 7.11 Å². The zero-order valence-electron chi connectivity index (χ0n) is 17.2. The van der Waals surface area contributed by atoms with Gasteiger partial charge < -0.3 is 9.47 Å². The fourth-order valence-corrected chi connectivity index (χ4v) is 6.82. The molecule has 4 aliphatic rings. The number of hydrogen-bond acceptors (Lipinski definition) is 4. The van der Waals surface area contributed by atoms with Gasteiger partial charge in [0.1, 0.15) is 11.5 Å². The molecule has 0 N–H and O–H groups in total. The lowest BCUT2D eigenvalue weighted by atomic mass is 9.46. The number of rotatable bonds is 4. The standard InChI is InChI=1S/C23H31NO3.ClH/c1-15-10-18(25)13-22-8-9-24(14-16-4-5-16)21(23(15,22)27-3)11-17-6-7-19(26-2)12-20(17)22;/h6-7,12,15-16,21H,4-5,8-11,13-14H2,1-3H3;1H/t15-,21+,22+,23?;/m0./s1. The third kappa shape index (κ3) is 2.60. The van der Waals surface area contributed by atoms with Crippen molar-refractivity contribution in [3.8, 4) is 5.75 Å². The van der Waals surface area contributed by atoms with Crippen molar-refractivity contribution >= 4 is 18.2 Å². The topological polar surface area (TPSA) is 38.8 Å². The number of nitrogens with zero attached hydrogens (tertiary/aromatic N) is 1. The highest BCUT2D eigenvalue weighted by Crippen LogP contribution is 2.61. The molecule has 1 unspecified atom stereocenters. The third-order valence-electron chi connectivity index (χ3n) is 8.05. The van der Waals surface area contributed by atoms with Crippen LogP contribution in [-0.4, -0.2) is 49.6 Å². The number of benzene rings is 1. The molecule has 0 amide bonds. The van der Waals surface area contributed by atoms with Crippen molar-refractivity contribution in [1.29, 1.82) is 0 Å². The van der Waals surface area contributed by atoms with Crippen LogP contribution < -0.4 is 4.74 Å². The Morgan fingerprint density at radius 1 is 1.21 bits per heavy atom. The van der Waals surface area contributed by atoms with Crippen molar-refractivity contribution in [3.05, 3.63) is 29.3 Å². The zero-order chi connectivity index (χ0) is 18.8. The molecule has 3 fully saturated rings. The summed E-state index contributed by atoms with van der Waals surface area (Å²) in [4.78, 5) is 15.5. The molecule has 28 heavy (non-hydrogen) atoms. The Kier molecular flexibility index (Phi) is 5.05. The SMILES string of the molecule is COc1ccc2c(c1)[C@]13CCN(CC4CC4)[C@H](C2)C1(OC)[C@@H](C)CC(=O)C3.Cl. The second-order valence-corrected chi connectivity index (χ2v) is 9.33. The molecule has 0 aromatic heterocycles. The first-order valence-electron chi connectivity index (χ1n) is 10.5. The Balaban J connectivity index is 0.00000192. The first-order chi connectivity index (χ1) is 13.0. The number of halogens is 1. The van der Waals surface area contributed by atoms with Gasteiger partial charge in [0.25, 0.3) is 0 Å². The van der Waals surface area contributed by atoms with Crippen LogP contribution in [-0.2, 0) is 21.4 Å². The first-order valence-corrected chi connectivity index (χ1v) is 10.5. The van der Waals surface area contributed by atoms with Crippen LogP contribution in [0, 0.1) is 11.8 Å². The Morgan fingerprint density at radius 3 is 2.68 bits per heavy atom. The van der Waals surface area contributed by atoms with E-state index in [0.717, 1.165) is 31.1 Å². The Hall–Kier alpha value is -1.10. The predicted octanol–water partition coefficient (Wildman–Crippen LogP) is 3.78. The van der Waals surface area contributed by atoms with Crippen LogP contribution >= 0.6 is 12.4 Å². The summed E-state index contributed by atoms with van der Waals surface area (Å²) >= 11 is 0. The lowest BCUT2D eigenvalue weighted by molar-refractivity contribution is -0.210. The van der Waals surface area contributed by atoms with Gasteiger partial charge in [-0.25, -0.2) is 0 Å². The van der Waals surface area contributed by atoms with E-state index in [4.69, 9.17) is 9.47 Å². The third-order valence-corrected chi connectivity index (χ3v) is 8.05. The molecule has 2 saturated carbocycles. The summed E-state index contributed by atoms with van der Waals surface area (Å²) < 4.78 is 12.1. The van der Waals surface area contributed by atoms with Crippen LogP contribution in [0.1, 0.15) is 50.2 Å². The van der Waals surface area contributed by atoms with Gasteiger partial charge in [-0.2, -0.15) is 0 Å². The lowest BCUT2D eigenvalue weighted by Gasteiger charge is -2.67. The van der Waals surface area contributed by atoms with Crippen molar-refractivity contribution in [1.82, 2.24) is 4.90 Å². The van der Waals surface area contributed by atoms with E-state index in [1.807, 2.05) is 7.11 Å². The summed E-state index contributed by atoms with van der Waals surface area (Å²) in [6.45, 7) is 4.51. The van der Waals surface area contributed by atoms with Crippen molar-refractivity contribution in [2.24, 2.45) is 11.8 Å². The van der Waals surface area contributed by atoms with Crippen LogP contribution in [0.15, 0.2) is 18.2 Å². The normalized spacial score (nSPS) is 36.9. The van der Waals surface area contributed by atoms with Crippen LogP contribution in [0.2, 0.25) is 0 Å². The molecular weight excluding hydrogens is 374 g/mol. The second kappa shape index (κ2) is 7.00. The number of ketones is 1. The van der Waals surface area contributed by atoms with E-state index < -0.39 is 0 Å². The minimum atomic E-state index is -0.284. The molecule has 5 heteroatoms. The van der Waals surface area contributed by atoms with Gasteiger partial charge in [0.2, 0.25) is 0 Å². The highest BCUT2D eigenvalue weighted by atomic mass is 35.5. The quantitative estimate of drug-likeness (QED) is 0.764. The maximum absolute atomic E-state index is 12.8. The van der Waals surface area contributed by atoms with Gasteiger partial charge in [-0.1, -0.05) is 13.0 Å². The summed E-state index contributed by atoms with van der Waals surface area (Å²) in [6, 6.07) is 6.86. The molecule has 4 nitrogen and oxygen atoms in total. The predicted molar refractivity (Wildman–Crippen MR) is 111 cm³/mol. The molecule has 0 radical (unpaired) electrons. The number of Topliss-reactive ketones (excluding diaryl/α,β-unsaturated/α-hetero) is 1. The number of ether oxygens (including phenoxy) is 2. The van der Waals surface area contributed by atoms with E-state index in [0.29, 0.717) is 24.7 Å². The highest BCUT2D eigenvalue weighted by molar-refractivity contribution is 5.85. The van der Waals surface area contributed by atoms with Gasteiger partial charge in [-0.3, -0.25) is 9.69 Å². The van der Waals surface area contributed by atoms with Gasteiger partial charge >= 0.3 is 0 Å². The van der Waals surface area contributed by atoms with E-state index >= 15 is 0 Å². The molecule has 4 atom stereocenters. The molecule has 154 valence electrons. The van der Waals surface area contributed by atoms with E-state index in [9.17, 15) is 4.79 Å². The zero-order valence-corrected chi connectivity index (χ0v) is 18.0. The molecule has 0 spiro atoms. The Labute approximate surface area is 174 Å². The minimum Gasteiger partial charge on any atom is -0.497 e. The van der Waals surface area contributed by atoms with Crippen LogP contribution in [0.25, 0.3) is 0 Å². The van der Waals surface area contributed by atoms with E-state index in [1.165, 1.54) is 30.5 Å². The average molecular weight is 406 g/mol. The maximum atomic E-state index is 12.8. The van der Waals surface area contributed by atoms with Gasteiger partial charge in [0.05, 0.1) is 12.7 Å². The highest BCUT2D eigenvalue weighted by Gasteiger charge is 2.68. The molecule has 1 aromatic carbocycles. The largest absolute Gasteiger partial charge is 0.497 e. The molecule has 1 saturated heterocycles. The maximum Gasteiger partial charge on any atom is 0.134 e. The molecule has 1 aliphatic heterocycles. The van der Waals surface area contributed by atoms with Crippen molar-refractivity contribution in [2.45, 2.75) is 62.5 Å². The van der Waals surface area contributed by atoms with Crippen molar-refractivity contribution in [2.75, 3.05) is 27.3 Å². The van der Waals surface area contributed by atoms with E-state index in [-0.39, 0.29) is 29.3 Å². The summed E-state index contributed by atoms with van der Waals surface area (Å²) in [7, 11) is 3.61. The summed E-state index contributed by atoms with van der Waals surface area (Å²) in [5.41, 5.74) is 2.19. The van der Waals surface area contributed by atoms with Crippen molar-refractivity contribution in [3.63, 3.8) is 0 Å². The lowest BCUT2D eigenvalue weighted by Crippen LogP contribution is -2.76. The average Bonchev–Trinajstić information content (AvgIpc) is 3.47. The molecular formula is C23H32ClNO3. The van der Waals surface area contributed by atoms with Crippen LogP contribution in [0.3, 0.4) is 0 Å². The van der Waals surface area contributed by atoms with Gasteiger partial charge in [-0.05, 0) is 67.3 Å². The first kappa shape index (κ1) is 20.2. The second-order valence-electron chi connectivity index (χ2n) is 9.33. The van der Waals surface area contributed by atoms with Gasteiger partial charge in [0.15, 0.2) is 0 Å². The van der Waals surface area contributed by atoms with Gasteiger partial charge in [0, 0.05) is 38.0 Å². The Morgan fingerprint density at radius 2 is 2.00 bits per heavy atom. The molecule has 5 rings (SSSR count). The van der Waals surface area contributed by atoms with E-state index in [2.05, 4.69) is 30.0 Å². The summed E-state index contributed by atoms with van der Waals surface area (Å²) in [6.07, 6.45) is 6.01. The molecule has 3 aliphatic carbocycles. The summed E-state index contributed by atoms with van der Waals surface area (Å²) in [5.74, 6) is 2.37. The number of likely N-dealkylation sites (tertiary alicyclic amines) is 1. The fourth-order valence-electron chi connectivity index (χ4n) is 6.82. The number of carbonyl (C=O) groups is 1. The smallest absolute Gasteiger partial charge is 0.134 e. The molecule has 1 aromatic rings. The Bertz CT molecular complexity index is 779. The fraction of sp³-hybridized carbons (Fsp3) is 0.696. The van der Waals surface area contributed by atoms with Gasteiger partial charge in [-0.15, -0.1) is 12.4 Å². The van der Waals surface area contributed by atoms with Crippen LogP contribution in [0.4, 0.5) is 0 Å². The number of fused-ring (bicyclic) bond motifs is 1. The van der Waals surface area contributed by atoms with Crippen molar-refractivity contribution < 1.29 is 14.3 Å². The van der Waals surface area contributed by atoms with Crippen LogP contribution in [0.5, 0.6) is 5.75 Å². The number of carbonyl (C=O) groups excluding carboxylic acids is 1.